The molecule has 19 heavy (non-hydrogen) atoms. The van der Waals surface area contributed by atoms with E-state index in [1.165, 1.54) is 0 Å². The Morgan fingerprint density at radius 1 is 1.26 bits per heavy atom. The molecule has 3 aromatic rings. The van der Waals surface area contributed by atoms with Crippen LogP contribution in [0.25, 0.3) is 22.4 Å². The molecule has 0 aliphatic heterocycles. The van der Waals surface area contributed by atoms with Gasteiger partial charge in [0.25, 0.3) is 0 Å². The van der Waals surface area contributed by atoms with Crippen LogP contribution in [-0.4, -0.2) is 32.0 Å². The van der Waals surface area contributed by atoms with Crippen LogP contribution in [0.5, 0.6) is 5.88 Å². The molecule has 96 valence electrons. The summed E-state index contributed by atoms with van der Waals surface area (Å²) in [6.45, 7) is 1.95. The minimum atomic E-state index is 0.165. The first-order valence-corrected chi connectivity index (χ1v) is 5.66. The highest BCUT2D eigenvalue weighted by atomic mass is 16.5. The molecule has 0 fully saturated rings. The highest BCUT2D eigenvalue weighted by molar-refractivity contribution is 5.89. The SMILES string of the molecule is COc1ncc(C)cc1-c1nc(N)nc2nc[nH]c12. The number of aromatic nitrogens is 5. The lowest BCUT2D eigenvalue weighted by Gasteiger charge is -2.08. The van der Waals surface area contributed by atoms with Crippen LogP contribution < -0.4 is 10.5 Å². The molecule has 3 rings (SSSR count). The van der Waals surface area contributed by atoms with Crippen LogP contribution in [0.2, 0.25) is 0 Å². The van der Waals surface area contributed by atoms with Crippen molar-refractivity contribution in [3.8, 4) is 17.1 Å². The van der Waals surface area contributed by atoms with E-state index >= 15 is 0 Å². The fourth-order valence-electron chi connectivity index (χ4n) is 1.93. The Morgan fingerprint density at radius 2 is 2.11 bits per heavy atom. The number of nitrogens with zero attached hydrogens (tertiary/aromatic N) is 4. The van der Waals surface area contributed by atoms with Crippen LogP contribution in [0, 0.1) is 6.92 Å². The Morgan fingerprint density at radius 3 is 2.89 bits per heavy atom. The molecule has 0 radical (unpaired) electrons. The molecule has 0 saturated heterocycles. The zero-order valence-electron chi connectivity index (χ0n) is 10.5. The number of methoxy groups -OCH3 is 1. The second kappa shape index (κ2) is 4.20. The van der Waals surface area contributed by atoms with E-state index in [2.05, 4.69) is 24.9 Å². The Bertz CT molecular complexity index is 751. The molecule has 0 aliphatic carbocycles. The fraction of sp³-hybridized carbons (Fsp3) is 0.167. The van der Waals surface area contributed by atoms with E-state index in [1.807, 2.05) is 13.0 Å². The normalized spacial score (nSPS) is 10.8. The van der Waals surface area contributed by atoms with E-state index in [1.54, 1.807) is 19.6 Å². The molecule has 0 aromatic carbocycles. The van der Waals surface area contributed by atoms with Crippen molar-refractivity contribution < 1.29 is 4.74 Å². The Balaban J connectivity index is 2.35. The van der Waals surface area contributed by atoms with E-state index in [0.717, 1.165) is 11.1 Å². The van der Waals surface area contributed by atoms with E-state index < -0.39 is 0 Å². The minimum absolute atomic E-state index is 0.165. The highest BCUT2D eigenvalue weighted by Gasteiger charge is 2.15. The number of nitrogens with two attached hydrogens (primary N) is 1. The van der Waals surface area contributed by atoms with Gasteiger partial charge in [0, 0.05) is 6.20 Å². The molecule has 0 saturated carbocycles. The molecule has 3 heterocycles. The van der Waals surface area contributed by atoms with Gasteiger partial charge in [0.1, 0.15) is 11.2 Å². The summed E-state index contributed by atoms with van der Waals surface area (Å²) in [5, 5.41) is 0. The monoisotopic (exact) mass is 256 g/mol. The first-order valence-electron chi connectivity index (χ1n) is 5.66. The van der Waals surface area contributed by atoms with Crippen molar-refractivity contribution in [3.63, 3.8) is 0 Å². The molecule has 7 nitrogen and oxygen atoms in total. The first-order chi connectivity index (χ1) is 9.19. The summed E-state index contributed by atoms with van der Waals surface area (Å²) in [5.41, 5.74) is 9.33. The van der Waals surface area contributed by atoms with Gasteiger partial charge in [-0.1, -0.05) is 0 Å². The van der Waals surface area contributed by atoms with Gasteiger partial charge < -0.3 is 15.5 Å². The maximum Gasteiger partial charge on any atom is 0.222 e. The van der Waals surface area contributed by atoms with Gasteiger partial charge in [-0.05, 0) is 18.6 Å². The minimum Gasteiger partial charge on any atom is -0.481 e. The van der Waals surface area contributed by atoms with E-state index in [9.17, 15) is 0 Å². The topological polar surface area (TPSA) is 103 Å². The summed E-state index contributed by atoms with van der Waals surface area (Å²) in [6, 6.07) is 1.94. The number of nitrogen functional groups attached to an aromatic ring is 1. The lowest BCUT2D eigenvalue weighted by molar-refractivity contribution is 0.399. The third-order valence-electron chi connectivity index (χ3n) is 2.74. The number of anilines is 1. The van der Waals surface area contributed by atoms with Crippen LogP contribution in [0.15, 0.2) is 18.6 Å². The van der Waals surface area contributed by atoms with Crippen molar-refractivity contribution in [1.29, 1.82) is 0 Å². The predicted molar refractivity (Wildman–Crippen MR) is 70.6 cm³/mol. The fourth-order valence-corrected chi connectivity index (χ4v) is 1.93. The summed E-state index contributed by atoms with van der Waals surface area (Å²) in [7, 11) is 1.57. The number of rotatable bonds is 2. The number of fused-ring (bicyclic) bond motifs is 1. The van der Waals surface area contributed by atoms with Crippen molar-refractivity contribution in [2.75, 3.05) is 12.8 Å². The van der Waals surface area contributed by atoms with Crippen molar-refractivity contribution >= 4 is 17.1 Å². The maximum absolute atomic E-state index is 5.71. The molecule has 0 spiro atoms. The molecule has 0 aliphatic rings. The van der Waals surface area contributed by atoms with Crippen molar-refractivity contribution in [3.05, 3.63) is 24.2 Å². The van der Waals surface area contributed by atoms with Gasteiger partial charge in [-0.25, -0.2) is 15.0 Å². The predicted octanol–water partition coefficient (Wildman–Crippen LogP) is 1.31. The van der Waals surface area contributed by atoms with E-state index in [-0.39, 0.29) is 5.95 Å². The number of hydrogen-bond donors (Lipinski definition) is 2. The van der Waals surface area contributed by atoms with Gasteiger partial charge in [0.2, 0.25) is 11.8 Å². The second-order valence-electron chi connectivity index (χ2n) is 4.10. The van der Waals surface area contributed by atoms with Gasteiger partial charge in [-0.2, -0.15) is 4.98 Å². The number of hydrogen-bond acceptors (Lipinski definition) is 6. The number of aryl methyl sites for hydroxylation is 1. The largest absolute Gasteiger partial charge is 0.481 e. The van der Waals surface area contributed by atoms with Crippen LogP contribution in [0.4, 0.5) is 5.95 Å². The summed E-state index contributed by atoms with van der Waals surface area (Å²) in [5.74, 6) is 0.651. The number of ether oxygens (including phenoxy) is 1. The third-order valence-corrected chi connectivity index (χ3v) is 2.74. The molecular formula is C12H12N6O. The van der Waals surface area contributed by atoms with Gasteiger partial charge in [-0.15, -0.1) is 0 Å². The van der Waals surface area contributed by atoms with Crippen molar-refractivity contribution in [2.24, 2.45) is 0 Å². The van der Waals surface area contributed by atoms with Gasteiger partial charge in [0.05, 0.1) is 19.0 Å². The standard InChI is InChI=1S/C12H12N6O/c1-6-3-7(11(19-2)14-4-6)8-9-10(16-5-15-9)18-12(13)17-8/h3-5H,1-2H3,(H3,13,15,16,17,18). The maximum atomic E-state index is 5.71. The van der Waals surface area contributed by atoms with Gasteiger partial charge >= 0.3 is 0 Å². The zero-order chi connectivity index (χ0) is 13.4. The molecule has 0 amide bonds. The first kappa shape index (κ1) is 11.4. The molecule has 3 N–H and O–H groups in total. The zero-order valence-corrected chi connectivity index (χ0v) is 10.5. The summed E-state index contributed by atoms with van der Waals surface area (Å²) >= 11 is 0. The number of nitrogens with one attached hydrogen (secondary N) is 1. The van der Waals surface area contributed by atoms with E-state index in [0.29, 0.717) is 22.7 Å². The number of H-pyrrole nitrogens is 1. The van der Waals surface area contributed by atoms with Gasteiger partial charge in [-0.3, -0.25) is 0 Å². The van der Waals surface area contributed by atoms with Crippen molar-refractivity contribution in [2.45, 2.75) is 6.92 Å². The van der Waals surface area contributed by atoms with Crippen LogP contribution in [0.1, 0.15) is 5.56 Å². The smallest absolute Gasteiger partial charge is 0.222 e. The number of aromatic amines is 1. The lowest BCUT2D eigenvalue weighted by atomic mass is 10.1. The van der Waals surface area contributed by atoms with Crippen LogP contribution in [-0.2, 0) is 0 Å². The van der Waals surface area contributed by atoms with Crippen LogP contribution in [0.3, 0.4) is 0 Å². The van der Waals surface area contributed by atoms with Crippen LogP contribution >= 0.6 is 0 Å². The second-order valence-corrected chi connectivity index (χ2v) is 4.10. The van der Waals surface area contributed by atoms with Crippen molar-refractivity contribution in [1.82, 2.24) is 24.9 Å². The molecule has 0 unspecified atom stereocenters. The number of pyridine rings is 1. The Hall–Kier alpha value is -2.70. The molecule has 3 aromatic heterocycles. The average molecular weight is 256 g/mol. The summed E-state index contributed by atoms with van der Waals surface area (Å²) in [4.78, 5) is 19.7. The average Bonchev–Trinajstić information content (AvgIpc) is 2.85. The summed E-state index contributed by atoms with van der Waals surface area (Å²) < 4.78 is 5.27. The highest BCUT2D eigenvalue weighted by Crippen LogP contribution is 2.31. The summed E-state index contributed by atoms with van der Waals surface area (Å²) in [6.07, 6.45) is 3.29. The molecule has 0 bridgehead atoms. The van der Waals surface area contributed by atoms with E-state index in [4.69, 9.17) is 10.5 Å². The number of imidazole rings is 1. The Kier molecular flexibility index (Phi) is 2.52. The van der Waals surface area contributed by atoms with Gasteiger partial charge in [0.15, 0.2) is 5.65 Å². The molecular weight excluding hydrogens is 244 g/mol. The molecule has 7 heteroatoms. The third kappa shape index (κ3) is 1.85. The molecule has 0 atom stereocenters. The quantitative estimate of drug-likeness (QED) is 0.716. The Labute approximate surface area is 108 Å². The lowest BCUT2D eigenvalue weighted by Crippen LogP contribution is -2.00.